The molecule has 106 valence electrons. The van der Waals surface area contributed by atoms with Crippen LogP contribution in [0.15, 0.2) is 57.9 Å². The highest BCUT2D eigenvalue weighted by Crippen LogP contribution is 2.30. The number of methoxy groups -OCH3 is 1. The van der Waals surface area contributed by atoms with E-state index in [1.807, 2.05) is 37.0 Å². The SMILES string of the molecule is CNC(CSc1ccccc1Br)c1ccc(OC)cc1. The van der Waals surface area contributed by atoms with Crippen LogP contribution in [0.3, 0.4) is 0 Å². The molecule has 2 nitrogen and oxygen atoms in total. The molecule has 1 N–H and O–H groups in total. The van der Waals surface area contributed by atoms with Crippen LogP contribution in [0.1, 0.15) is 11.6 Å². The second-order valence-corrected chi connectivity index (χ2v) is 6.27. The van der Waals surface area contributed by atoms with Crippen molar-refractivity contribution in [2.75, 3.05) is 19.9 Å². The fourth-order valence-electron chi connectivity index (χ4n) is 1.92. The molecule has 0 radical (unpaired) electrons. The van der Waals surface area contributed by atoms with Crippen molar-refractivity contribution in [3.05, 3.63) is 58.6 Å². The van der Waals surface area contributed by atoms with E-state index in [1.54, 1.807) is 7.11 Å². The van der Waals surface area contributed by atoms with Crippen LogP contribution >= 0.6 is 27.7 Å². The third-order valence-corrected chi connectivity index (χ3v) is 5.23. The molecule has 0 spiro atoms. The van der Waals surface area contributed by atoms with Crippen molar-refractivity contribution in [2.45, 2.75) is 10.9 Å². The number of ether oxygens (including phenoxy) is 1. The minimum atomic E-state index is 0.318. The smallest absolute Gasteiger partial charge is 0.118 e. The molecule has 2 aromatic rings. The van der Waals surface area contributed by atoms with Gasteiger partial charge in [-0.15, -0.1) is 11.8 Å². The number of benzene rings is 2. The Balaban J connectivity index is 2.03. The number of rotatable bonds is 6. The van der Waals surface area contributed by atoms with E-state index in [9.17, 15) is 0 Å². The van der Waals surface area contributed by atoms with Crippen LogP contribution < -0.4 is 10.1 Å². The van der Waals surface area contributed by atoms with Gasteiger partial charge in [0.2, 0.25) is 0 Å². The molecule has 1 atom stereocenters. The van der Waals surface area contributed by atoms with Crippen LogP contribution in [0.4, 0.5) is 0 Å². The summed E-state index contributed by atoms with van der Waals surface area (Å²) in [6.07, 6.45) is 0. The molecule has 2 rings (SSSR count). The van der Waals surface area contributed by atoms with Crippen molar-refractivity contribution in [2.24, 2.45) is 0 Å². The van der Waals surface area contributed by atoms with Crippen molar-refractivity contribution < 1.29 is 4.74 Å². The molecule has 4 heteroatoms. The zero-order chi connectivity index (χ0) is 14.4. The first-order chi connectivity index (χ1) is 9.74. The average Bonchev–Trinajstić information content (AvgIpc) is 2.50. The highest BCUT2D eigenvalue weighted by Gasteiger charge is 2.10. The maximum absolute atomic E-state index is 5.20. The van der Waals surface area contributed by atoms with Crippen LogP contribution in [-0.4, -0.2) is 19.9 Å². The molecule has 0 aliphatic heterocycles. The average molecular weight is 352 g/mol. The fraction of sp³-hybridized carbons (Fsp3) is 0.250. The summed E-state index contributed by atoms with van der Waals surface area (Å²) in [7, 11) is 3.68. The van der Waals surface area contributed by atoms with Gasteiger partial charge in [0, 0.05) is 21.2 Å². The maximum Gasteiger partial charge on any atom is 0.118 e. The van der Waals surface area contributed by atoms with Crippen LogP contribution in [0.2, 0.25) is 0 Å². The van der Waals surface area contributed by atoms with E-state index in [2.05, 4.69) is 51.6 Å². The third kappa shape index (κ3) is 4.01. The summed E-state index contributed by atoms with van der Waals surface area (Å²) < 4.78 is 6.34. The monoisotopic (exact) mass is 351 g/mol. The molecule has 0 aliphatic carbocycles. The van der Waals surface area contributed by atoms with Gasteiger partial charge in [-0.3, -0.25) is 0 Å². The van der Waals surface area contributed by atoms with Crippen LogP contribution in [-0.2, 0) is 0 Å². The lowest BCUT2D eigenvalue weighted by atomic mass is 10.1. The maximum atomic E-state index is 5.20. The Morgan fingerprint density at radius 2 is 1.85 bits per heavy atom. The summed E-state index contributed by atoms with van der Waals surface area (Å²) in [5.41, 5.74) is 1.27. The Kier molecular flexibility index (Phi) is 5.95. The Bertz CT molecular complexity index is 544. The van der Waals surface area contributed by atoms with Crippen molar-refractivity contribution in [3.8, 4) is 5.75 Å². The number of hydrogen-bond donors (Lipinski definition) is 1. The molecule has 0 fully saturated rings. The van der Waals surface area contributed by atoms with Gasteiger partial charge in [0.25, 0.3) is 0 Å². The largest absolute Gasteiger partial charge is 0.497 e. The van der Waals surface area contributed by atoms with Crippen molar-refractivity contribution in [1.29, 1.82) is 0 Å². The molecular formula is C16H18BrNOS. The molecule has 0 heterocycles. The first-order valence-electron chi connectivity index (χ1n) is 6.43. The molecule has 0 aromatic heterocycles. The van der Waals surface area contributed by atoms with Gasteiger partial charge in [-0.1, -0.05) is 24.3 Å². The first-order valence-corrected chi connectivity index (χ1v) is 8.21. The lowest BCUT2D eigenvalue weighted by Crippen LogP contribution is -2.18. The molecule has 0 aliphatic rings. The molecule has 0 amide bonds. The van der Waals surface area contributed by atoms with E-state index in [0.717, 1.165) is 16.0 Å². The van der Waals surface area contributed by atoms with Crippen molar-refractivity contribution >= 4 is 27.7 Å². The molecule has 0 saturated carbocycles. The highest BCUT2D eigenvalue weighted by atomic mass is 79.9. The number of thioether (sulfide) groups is 1. The van der Waals surface area contributed by atoms with E-state index in [-0.39, 0.29) is 0 Å². The number of halogens is 1. The zero-order valence-corrected chi connectivity index (χ0v) is 14.0. The number of nitrogens with one attached hydrogen (secondary N) is 1. The Hall–Kier alpha value is -0.970. The summed E-state index contributed by atoms with van der Waals surface area (Å²) in [5, 5.41) is 3.37. The van der Waals surface area contributed by atoms with Crippen LogP contribution in [0.25, 0.3) is 0 Å². The zero-order valence-electron chi connectivity index (χ0n) is 11.6. The second-order valence-electron chi connectivity index (χ2n) is 4.36. The van der Waals surface area contributed by atoms with E-state index in [0.29, 0.717) is 6.04 Å². The molecule has 20 heavy (non-hydrogen) atoms. The fourth-order valence-corrected chi connectivity index (χ4v) is 3.63. The van der Waals surface area contributed by atoms with Crippen molar-refractivity contribution in [1.82, 2.24) is 5.32 Å². The Morgan fingerprint density at radius 1 is 1.15 bits per heavy atom. The molecule has 2 aromatic carbocycles. The summed E-state index contributed by atoms with van der Waals surface area (Å²) in [6, 6.07) is 16.9. The van der Waals surface area contributed by atoms with Gasteiger partial charge in [0.05, 0.1) is 7.11 Å². The molecule has 0 bridgehead atoms. The van der Waals surface area contributed by atoms with Crippen molar-refractivity contribution in [3.63, 3.8) is 0 Å². The highest BCUT2D eigenvalue weighted by molar-refractivity contribution is 9.10. The lowest BCUT2D eigenvalue weighted by molar-refractivity contribution is 0.414. The minimum Gasteiger partial charge on any atom is -0.497 e. The minimum absolute atomic E-state index is 0.318. The Labute approximate surface area is 133 Å². The van der Waals surface area contributed by atoms with E-state index in [4.69, 9.17) is 4.74 Å². The van der Waals surface area contributed by atoms with Gasteiger partial charge < -0.3 is 10.1 Å². The molecule has 0 saturated heterocycles. The van der Waals surface area contributed by atoms with Gasteiger partial charge in [-0.05, 0) is 52.8 Å². The lowest BCUT2D eigenvalue weighted by Gasteiger charge is -2.17. The Morgan fingerprint density at radius 3 is 2.45 bits per heavy atom. The molecular weight excluding hydrogens is 334 g/mol. The topological polar surface area (TPSA) is 21.3 Å². The molecule has 1 unspecified atom stereocenters. The van der Waals surface area contributed by atoms with Gasteiger partial charge in [-0.25, -0.2) is 0 Å². The van der Waals surface area contributed by atoms with Gasteiger partial charge >= 0.3 is 0 Å². The van der Waals surface area contributed by atoms with Gasteiger partial charge in [0.1, 0.15) is 5.75 Å². The van der Waals surface area contributed by atoms with E-state index in [1.165, 1.54) is 10.5 Å². The normalized spacial score (nSPS) is 12.2. The predicted octanol–water partition coefficient (Wildman–Crippen LogP) is 4.51. The summed E-state index contributed by atoms with van der Waals surface area (Å²) in [4.78, 5) is 1.27. The van der Waals surface area contributed by atoms with Gasteiger partial charge in [0.15, 0.2) is 0 Å². The quantitative estimate of drug-likeness (QED) is 0.773. The summed E-state index contributed by atoms with van der Waals surface area (Å²) >= 11 is 5.43. The van der Waals surface area contributed by atoms with E-state index < -0.39 is 0 Å². The summed E-state index contributed by atoms with van der Waals surface area (Å²) in [5.74, 6) is 1.87. The summed E-state index contributed by atoms with van der Waals surface area (Å²) in [6.45, 7) is 0. The first kappa shape index (κ1) is 15.4. The number of hydrogen-bond acceptors (Lipinski definition) is 3. The van der Waals surface area contributed by atoms with Crippen LogP contribution in [0.5, 0.6) is 5.75 Å². The van der Waals surface area contributed by atoms with Crippen LogP contribution in [0, 0.1) is 0 Å². The second kappa shape index (κ2) is 7.72. The third-order valence-electron chi connectivity index (χ3n) is 3.11. The predicted molar refractivity (Wildman–Crippen MR) is 89.7 cm³/mol. The standard InChI is InChI=1S/C16H18BrNOS/c1-18-15(12-7-9-13(19-2)10-8-12)11-20-16-6-4-3-5-14(16)17/h3-10,15,18H,11H2,1-2H3. The van der Waals surface area contributed by atoms with E-state index >= 15 is 0 Å². The van der Waals surface area contributed by atoms with Gasteiger partial charge in [-0.2, -0.15) is 0 Å².